The Morgan fingerprint density at radius 1 is 1.57 bits per heavy atom. The van der Waals surface area contributed by atoms with E-state index in [1.54, 1.807) is 25.1 Å². The first-order valence-corrected chi connectivity index (χ1v) is 6.87. The highest BCUT2D eigenvalue weighted by atomic mass is 16.5. The van der Waals surface area contributed by atoms with Crippen LogP contribution < -0.4 is 15.4 Å². The van der Waals surface area contributed by atoms with Gasteiger partial charge in [-0.3, -0.25) is 9.59 Å². The van der Waals surface area contributed by atoms with Gasteiger partial charge in [-0.25, -0.2) is 0 Å². The summed E-state index contributed by atoms with van der Waals surface area (Å²) >= 11 is 0. The van der Waals surface area contributed by atoms with Gasteiger partial charge in [0.05, 0.1) is 17.3 Å². The van der Waals surface area contributed by atoms with Crippen LogP contribution in [0.3, 0.4) is 0 Å². The Balaban J connectivity index is 2.25. The summed E-state index contributed by atoms with van der Waals surface area (Å²) in [6.07, 6.45) is 0.731. The summed E-state index contributed by atoms with van der Waals surface area (Å²) in [5.41, 5.74) is 0.783. The van der Waals surface area contributed by atoms with Gasteiger partial charge >= 0.3 is 0 Å². The quantitative estimate of drug-likeness (QED) is 0.883. The number of nitrogens with zero attached hydrogens (tertiary/aromatic N) is 1. The molecule has 2 atom stereocenters. The van der Waals surface area contributed by atoms with Gasteiger partial charge in [-0.15, -0.1) is 0 Å². The molecule has 0 saturated carbocycles. The number of fused-ring (bicyclic) bond motifs is 1. The SMILES string of the molecule is CCCC(C#N)NC(=O)c1cccc2c1OC(C)C(=O)N2. The summed E-state index contributed by atoms with van der Waals surface area (Å²) in [4.78, 5) is 23.9. The first-order valence-electron chi connectivity index (χ1n) is 6.87. The smallest absolute Gasteiger partial charge is 0.265 e. The lowest BCUT2D eigenvalue weighted by Gasteiger charge is -2.25. The van der Waals surface area contributed by atoms with Crippen LogP contribution in [0.2, 0.25) is 0 Å². The Morgan fingerprint density at radius 3 is 3.00 bits per heavy atom. The van der Waals surface area contributed by atoms with Crippen molar-refractivity contribution in [3.8, 4) is 11.8 Å². The van der Waals surface area contributed by atoms with Gasteiger partial charge in [0.2, 0.25) is 0 Å². The minimum atomic E-state index is -0.658. The highest BCUT2D eigenvalue weighted by Gasteiger charge is 2.28. The van der Waals surface area contributed by atoms with Crippen LogP contribution >= 0.6 is 0 Å². The molecule has 21 heavy (non-hydrogen) atoms. The molecule has 110 valence electrons. The summed E-state index contributed by atoms with van der Waals surface area (Å²) in [7, 11) is 0. The Bertz CT molecular complexity index is 607. The molecular formula is C15H17N3O3. The van der Waals surface area contributed by atoms with Crippen molar-refractivity contribution in [2.24, 2.45) is 0 Å². The van der Waals surface area contributed by atoms with E-state index >= 15 is 0 Å². The number of anilines is 1. The second-order valence-electron chi connectivity index (χ2n) is 4.88. The third-order valence-electron chi connectivity index (χ3n) is 3.22. The number of hydrogen-bond donors (Lipinski definition) is 2. The summed E-state index contributed by atoms with van der Waals surface area (Å²) in [5.74, 6) is -0.286. The number of carbonyl (C=O) groups is 2. The maximum absolute atomic E-state index is 12.3. The molecule has 1 aliphatic rings. The van der Waals surface area contributed by atoms with Crippen LogP contribution in [0.5, 0.6) is 5.75 Å². The van der Waals surface area contributed by atoms with E-state index in [9.17, 15) is 9.59 Å². The molecule has 2 N–H and O–H groups in total. The average Bonchev–Trinajstić information content (AvgIpc) is 2.47. The normalized spacial score (nSPS) is 17.8. The molecular weight excluding hydrogens is 270 g/mol. The van der Waals surface area contributed by atoms with Gasteiger partial charge < -0.3 is 15.4 Å². The predicted molar refractivity (Wildman–Crippen MR) is 76.9 cm³/mol. The number of nitriles is 1. The predicted octanol–water partition coefficient (Wildman–Crippen LogP) is 1.83. The van der Waals surface area contributed by atoms with Gasteiger partial charge in [0.1, 0.15) is 6.04 Å². The molecule has 1 heterocycles. The number of rotatable bonds is 4. The maximum Gasteiger partial charge on any atom is 0.265 e. The van der Waals surface area contributed by atoms with Crippen molar-refractivity contribution in [2.75, 3.05) is 5.32 Å². The Morgan fingerprint density at radius 2 is 2.33 bits per heavy atom. The van der Waals surface area contributed by atoms with Crippen molar-refractivity contribution in [1.29, 1.82) is 5.26 Å². The van der Waals surface area contributed by atoms with Crippen LogP contribution in [0, 0.1) is 11.3 Å². The van der Waals surface area contributed by atoms with Crippen molar-refractivity contribution in [3.05, 3.63) is 23.8 Å². The van der Waals surface area contributed by atoms with E-state index in [4.69, 9.17) is 10.00 Å². The first-order chi connectivity index (χ1) is 10.1. The van der Waals surface area contributed by atoms with Gasteiger partial charge in [-0.05, 0) is 25.5 Å². The first kappa shape index (κ1) is 14.9. The third kappa shape index (κ3) is 3.14. The van der Waals surface area contributed by atoms with Crippen LogP contribution in [0.15, 0.2) is 18.2 Å². The van der Waals surface area contributed by atoms with E-state index < -0.39 is 12.1 Å². The van der Waals surface area contributed by atoms with E-state index in [1.165, 1.54) is 0 Å². The van der Waals surface area contributed by atoms with E-state index in [-0.39, 0.29) is 11.8 Å². The van der Waals surface area contributed by atoms with E-state index in [0.717, 1.165) is 6.42 Å². The Labute approximate surface area is 123 Å². The van der Waals surface area contributed by atoms with Crippen LogP contribution in [0.25, 0.3) is 0 Å². The molecule has 6 nitrogen and oxygen atoms in total. The average molecular weight is 287 g/mol. The fourth-order valence-electron chi connectivity index (χ4n) is 2.10. The number of carbonyl (C=O) groups excluding carboxylic acids is 2. The highest BCUT2D eigenvalue weighted by molar-refractivity contribution is 6.04. The number of ether oxygens (including phenoxy) is 1. The van der Waals surface area contributed by atoms with Crippen molar-refractivity contribution >= 4 is 17.5 Å². The second-order valence-corrected chi connectivity index (χ2v) is 4.88. The van der Waals surface area contributed by atoms with Gasteiger partial charge in [0.15, 0.2) is 11.9 Å². The van der Waals surface area contributed by atoms with Crippen LogP contribution in [0.4, 0.5) is 5.69 Å². The largest absolute Gasteiger partial charge is 0.478 e. The van der Waals surface area contributed by atoms with Crippen LogP contribution in [0.1, 0.15) is 37.0 Å². The molecule has 0 bridgehead atoms. The monoisotopic (exact) mass is 287 g/mol. The van der Waals surface area contributed by atoms with Gasteiger partial charge in [-0.2, -0.15) is 5.26 Å². The molecule has 0 aliphatic carbocycles. The summed E-state index contributed by atoms with van der Waals surface area (Å²) in [6.45, 7) is 3.56. The number of nitrogens with one attached hydrogen (secondary N) is 2. The molecule has 2 unspecified atom stereocenters. The highest BCUT2D eigenvalue weighted by Crippen LogP contribution is 2.33. The summed E-state index contributed by atoms with van der Waals surface area (Å²) in [5, 5.41) is 14.4. The molecule has 0 radical (unpaired) electrons. The van der Waals surface area contributed by atoms with E-state index in [1.807, 2.05) is 6.92 Å². The molecule has 0 aromatic heterocycles. The molecule has 6 heteroatoms. The standard InChI is InChI=1S/C15H17N3O3/c1-3-5-10(8-16)17-15(20)11-6-4-7-12-13(11)21-9(2)14(19)18-12/h4,6-7,9-10H,3,5H2,1-2H3,(H,17,20)(H,18,19). The lowest BCUT2D eigenvalue weighted by atomic mass is 10.1. The fourth-order valence-corrected chi connectivity index (χ4v) is 2.10. The lowest BCUT2D eigenvalue weighted by Crippen LogP contribution is -2.37. The Hall–Kier alpha value is -2.55. The van der Waals surface area contributed by atoms with Crippen molar-refractivity contribution in [3.63, 3.8) is 0 Å². The van der Waals surface area contributed by atoms with Crippen molar-refractivity contribution in [2.45, 2.75) is 38.8 Å². The van der Waals surface area contributed by atoms with Crippen LogP contribution in [-0.4, -0.2) is 24.0 Å². The molecule has 2 rings (SSSR count). The Kier molecular flexibility index (Phi) is 4.43. The van der Waals surface area contributed by atoms with E-state index in [0.29, 0.717) is 23.4 Å². The number of para-hydroxylation sites is 1. The lowest BCUT2D eigenvalue weighted by molar-refractivity contribution is -0.122. The number of hydrogen-bond acceptors (Lipinski definition) is 4. The molecule has 0 spiro atoms. The molecule has 1 aromatic carbocycles. The number of benzene rings is 1. The minimum Gasteiger partial charge on any atom is -0.478 e. The minimum absolute atomic E-state index is 0.249. The topological polar surface area (TPSA) is 91.2 Å². The third-order valence-corrected chi connectivity index (χ3v) is 3.22. The van der Waals surface area contributed by atoms with E-state index in [2.05, 4.69) is 16.7 Å². The zero-order chi connectivity index (χ0) is 15.4. The second kappa shape index (κ2) is 6.27. The zero-order valence-corrected chi connectivity index (χ0v) is 12.0. The maximum atomic E-state index is 12.3. The van der Waals surface area contributed by atoms with Gasteiger partial charge in [0, 0.05) is 0 Å². The van der Waals surface area contributed by atoms with Crippen molar-refractivity contribution in [1.82, 2.24) is 5.32 Å². The zero-order valence-electron chi connectivity index (χ0n) is 12.0. The molecule has 2 amide bonds. The summed E-state index contributed by atoms with van der Waals surface area (Å²) in [6, 6.07) is 6.47. The fraction of sp³-hybridized carbons (Fsp3) is 0.400. The molecule has 0 saturated heterocycles. The summed E-state index contributed by atoms with van der Waals surface area (Å²) < 4.78 is 5.52. The molecule has 1 aromatic rings. The number of amides is 2. The molecule has 1 aliphatic heterocycles. The van der Waals surface area contributed by atoms with Crippen molar-refractivity contribution < 1.29 is 14.3 Å². The van der Waals surface area contributed by atoms with Gasteiger partial charge in [-0.1, -0.05) is 19.4 Å². The van der Waals surface area contributed by atoms with Crippen LogP contribution in [-0.2, 0) is 4.79 Å². The molecule has 0 fully saturated rings. The van der Waals surface area contributed by atoms with Gasteiger partial charge in [0.25, 0.3) is 11.8 Å².